The third kappa shape index (κ3) is 3.19. The van der Waals surface area contributed by atoms with E-state index in [0.717, 1.165) is 30.7 Å². The lowest BCUT2D eigenvalue weighted by Gasteiger charge is -2.27. The molecule has 1 aromatic heterocycles. The molecule has 5 nitrogen and oxygen atoms in total. The van der Waals surface area contributed by atoms with Gasteiger partial charge in [-0.25, -0.2) is 4.98 Å². The van der Waals surface area contributed by atoms with Gasteiger partial charge in [0, 0.05) is 13.6 Å². The smallest absolute Gasteiger partial charge is 0.273 e. The topological polar surface area (TPSA) is 58.1 Å². The molecule has 5 heteroatoms. The van der Waals surface area contributed by atoms with Crippen LogP contribution in [-0.4, -0.2) is 47.5 Å². The molecule has 1 atom stereocenters. The molecule has 1 amide bonds. The third-order valence-electron chi connectivity index (χ3n) is 3.95. The Morgan fingerprint density at radius 1 is 1.38 bits per heavy atom. The molecule has 110 valence electrons. The summed E-state index contributed by atoms with van der Waals surface area (Å²) in [6.07, 6.45) is 3.93. The van der Waals surface area contributed by atoms with E-state index in [0.29, 0.717) is 11.6 Å². The second kappa shape index (κ2) is 6.18. The molecule has 0 radical (unpaired) electrons. The number of nitrogens with one attached hydrogen (secondary N) is 1. The normalized spacial score (nSPS) is 18.6. The van der Waals surface area contributed by atoms with Gasteiger partial charge >= 0.3 is 0 Å². The van der Waals surface area contributed by atoms with Crippen LogP contribution in [0.1, 0.15) is 23.3 Å². The first-order valence-corrected chi connectivity index (χ1v) is 7.42. The van der Waals surface area contributed by atoms with Crippen molar-refractivity contribution < 1.29 is 4.79 Å². The van der Waals surface area contributed by atoms with E-state index in [1.54, 1.807) is 11.1 Å². The predicted octanol–water partition coefficient (Wildman–Crippen LogP) is 1.70. The van der Waals surface area contributed by atoms with E-state index in [9.17, 15) is 4.79 Å². The molecule has 1 saturated heterocycles. The Hall–Kier alpha value is -2.01. The van der Waals surface area contributed by atoms with Crippen molar-refractivity contribution >= 4 is 16.9 Å². The first-order chi connectivity index (χ1) is 10.2. The number of piperidine rings is 1. The van der Waals surface area contributed by atoms with Crippen molar-refractivity contribution in [3.05, 3.63) is 36.2 Å². The molecule has 1 N–H and O–H groups in total. The van der Waals surface area contributed by atoms with Gasteiger partial charge in [0.25, 0.3) is 5.91 Å². The van der Waals surface area contributed by atoms with Crippen LogP contribution in [0.5, 0.6) is 0 Å². The minimum Gasteiger partial charge on any atom is -0.340 e. The molecule has 1 aliphatic rings. The van der Waals surface area contributed by atoms with Gasteiger partial charge in [0.2, 0.25) is 0 Å². The molecule has 1 aromatic carbocycles. The molecule has 0 bridgehead atoms. The second-order valence-corrected chi connectivity index (χ2v) is 5.64. The van der Waals surface area contributed by atoms with Crippen LogP contribution in [0.3, 0.4) is 0 Å². The molecule has 2 heterocycles. The first kappa shape index (κ1) is 13.9. The highest BCUT2D eigenvalue weighted by Crippen LogP contribution is 2.13. The second-order valence-electron chi connectivity index (χ2n) is 5.64. The summed E-state index contributed by atoms with van der Waals surface area (Å²) in [6.45, 7) is 2.84. The summed E-state index contributed by atoms with van der Waals surface area (Å²) >= 11 is 0. The van der Waals surface area contributed by atoms with E-state index in [1.807, 2.05) is 31.3 Å². The quantitative estimate of drug-likeness (QED) is 0.932. The molecule has 21 heavy (non-hydrogen) atoms. The summed E-state index contributed by atoms with van der Waals surface area (Å²) in [4.78, 5) is 23.0. The highest BCUT2D eigenvalue weighted by molar-refractivity contribution is 5.93. The van der Waals surface area contributed by atoms with Crippen molar-refractivity contribution in [3.63, 3.8) is 0 Å². The van der Waals surface area contributed by atoms with Gasteiger partial charge in [0.15, 0.2) is 0 Å². The van der Waals surface area contributed by atoms with Gasteiger partial charge in [0.1, 0.15) is 5.69 Å². The van der Waals surface area contributed by atoms with Gasteiger partial charge in [-0.15, -0.1) is 0 Å². The van der Waals surface area contributed by atoms with E-state index < -0.39 is 0 Å². The molecule has 0 spiro atoms. The fourth-order valence-corrected chi connectivity index (χ4v) is 2.81. The van der Waals surface area contributed by atoms with Crippen LogP contribution >= 0.6 is 0 Å². The lowest BCUT2D eigenvalue weighted by molar-refractivity contribution is 0.0759. The van der Waals surface area contributed by atoms with Gasteiger partial charge in [-0.3, -0.25) is 9.78 Å². The van der Waals surface area contributed by atoms with Crippen LogP contribution in [0.15, 0.2) is 30.5 Å². The number of hydrogen-bond acceptors (Lipinski definition) is 4. The third-order valence-corrected chi connectivity index (χ3v) is 3.95. The number of hydrogen-bond donors (Lipinski definition) is 1. The van der Waals surface area contributed by atoms with E-state index in [-0.39, 0.29) is 5.91 Å². The number of nitrogens with zero attached hydrogens (tertiary/aromatic N) is 3. The maximum atomic E-state index is 12.5. The lowest BCUT2D eigenvalue weighted by atomic mass is 9.99. The van der Waals surface area contributed by atoms with Gasteiger partial charge in [-0.05, 0) is 44.0 Å². The molecule has 1 aliphatic heterocycles. The lowest BCUT2D eigenvalue weighted by Crippen LogP contribution is -2.39. The number of aromatic nitrogens is 2. The average Bonchev–Trinajstić information content (AvgIpc) is 2.54. The van der Waals surface area contributed by atoms with Crippen molar-refractivity contribution in [2.75, 3.05) is 26.7 Å². The van der Waals surface area contributed by atoms with Gasteiger partial charge in [0.05, 0.1) is 17.2 Å². The average molecular weight is 284 g/mol. The summed E-state index contributed by atoms with van der Waals surface area (Å²) < 4.78 is 0. The minimum absolute atomic E-state index is 0.0566. The molecular weight excluding hydrogens is 264 g/mol. The predicted molar refractivity (Wildman–Crippen MR) is 82.1 cm³/mol. The van der Waals surface area contributed by atoms with Gasteiger partial charge in [-0.2, -0.15) is 0 Å². The van der Waals surface area contributed by atoms with Crippen LogP contribution in [0.2, 0.25) is 0 Å². The van der Waals surface area contributed by atoms with Crippen LogP contribution in [0, 0.1) is 5.92 Å². The molecule has 1 unspecified atom stereocenters. The zero-order chi connectivity index (χ0) is 14.7. The van der Waals surface area contributed by atoms with Crippen LogP contribution in [0.4, 0.5) is 0 Å². The Morgan fingerprint density at radius 2 is 2.19 bits per heavy atom. The monoisotopic (exact) mass is 284 g/mol. The van der Waals surface area contributed by atoms with Crippen molar-refractivity contribution in [1.82, 2.24) is 20.2 Å². The summed E-state index contributed by atoms with van der Waals surface area (Å²) in [5, 5.41) is 3.38. The zero-order valence-corrected chi connectivity index (χ0v) is 12.2. The number of fused-ring (bicyclic) bond motifs is 1. The molecule has 2 aromatic rings. The Bertz CT molecular complexity index is 637. The highest BCUT2D eigenvalue weighted by Gasteiger charge is 2.20. The van der Waals surface area contributed by atoms with E-state index in [1.165, 1.54) is 12.8 Å². The van der Waals surface area contributed by atoms with E-state index in [2.05, 4.69) is 15.3 Å². The van der Waals surface area contributed by atoms with Gasteiger partial charge < -0.3 is 10.2 Å². The SMILES string of the molecule is CN(CC1CCCNC1)C(=O)c1cnc2ccccc2n1. The fourth-order valence-electron chi connectivity index (χ4n) is 2.81. The molecule has 0 saturated carbocycles. The number of carbonyl (C=O) groups is 1. The summed E-state index contributed by atoms with van der Waals surface area (Å²) in [7, 11) is 1.84. The summed E-state index contributed by atoms with van der Waals surface area (Å²) in [6, 6.07) is 7.60. The Balaban J connectivity index is 1.72. The van der Waals surface area contributed by atoms with Gasteiger partial charge in [-0.1, -0.05) is 12.1 Å². The van der Waals surface area contributed by atoms with Crippen LogP contribution < -0.4 is 5.32 Å². The first-order valence-electron chi connectivity index (χ1n) is 7.42. The maximum absolute atomic E-state index is 12.5. The van der Waals surface area contributed by atoms with Crippen molar-refractivity contribution in [1.29, 1.82) is 0 Å². The standard InChI is InChI=1S/C16H20N4O/c1-20(11-12-5-4-8-17-9-12)16(21)15-10-18-13-6-2-3-7-14(13)19-15/h2-3,6-7,10,12,17H,4-5,8-9,11H2,1H3. The molecular formula is C16H20N4O. The number of amides is 1. The zero-order valence-electron chi connectivity index (χ0n) is 12.2. The van der Waals surface area contributed by atoms with E-state index in [4.69, 9.17) is 0 Å². The summed E-state index contributed by atoms with van der Waals surface area (Å²) in [5.41, 5.74) is 1.99. The molecule has 0 aliphatic carbocycles. The number of carbonyl (C=O) groups excluding carboxylic acids is 1. The fraction of sp³-hybridized carbons (Fsp3) is 0.438. The largest absolute Gasteiger partial charge is 0.340 e. The summed E-state index contributed by atoms with van der Waals surface area (Å²) in [5.74, 6) is 0.472. The van der Waals surface area contributed by atoms with E-state index >= 15 is 0 Å². The van der Waals surface area contributed by atoms with Crippen LogP contribution in [0.25, 0.3) is 11.0 Å². The highest BCUT2D eigenvalue weighted by atomic mass is 16.2. The number of benzene rings is 1. The molecule has 1 fully saturated rings. The Labute approximate surface area is 124 Å². The number of para-hydroxylation sites is 2. The van der Waals surface area contributed by atoms with Crippen LogP contribution in [-0.2, 0) is 0 Å². The Morgan fingerprint density at radius 3 is 2.95 bits per heavy atom. The van der Waals surface area contributed by atoms with Crippen molar-refractivity contribution in [2.24, 2.45) is 5.92 Å². The van der Waals surface area contributed by atoms with Crippen molar-refractivity contribution in [3.8, 4) is 0 Å². The Kier molecular flexibility index (Phi) is 4.10. The number of rotatable bonds is 3. The molecule has 3 rings (SSSR count). The minimum atomic E-state index is -0.0566. The maximum Gasteiger partial charge on any atom is 0.273 e. The van der Waals surface area contributed by atoms with Crippen molar-refractivity contribution in [2.45, 2.75) is 12.8 Å².